The van der Waals surface area contributed by atoms with Gasteiger partial charge in [0.1, 0.15) is 0 Å². The first-order valence-electron chi connectivity index (χ1n) is 4.11. The molecule has 0 saturated carbocycles. The van der Waals surface area contributed by atoms with E-state index in [1.54, 1.807) is 18.3 Å². The highest BCUT2D eigenvalue weighted by Gasteiger charge is 2.15. The van der Waals surface area contributed by atoms with Gasteiger partial charge in [-0.3, -0.25) is 4.98 Å². The van der Waals surface area contributed by atoms with E-state index in [9.17, 15) is 9.90 Å². The third kappa shape index (κ3) is 1.64. The second-order valence-electron chi connectivity index (χ2n) is 2.82. The summed E-state index contributed by atoms with van der Waals surface area (Å²) in [5.41, 5.74) is 0.208. The number of nitrogens with zero attached hydrogens (tertiary/aromatic N) is 3. The molecule has 15 heavy (non-hydrogen) atoms. The number of pyridine rings is 1. The monoisotopic (exact) mass is 205 g/mol. The van der Waals surface area contributed by atoms with Gasteiger partial charge < -0.3 is 10.2 Å². The Labute approximate surface area is 84.4 Å². The fourth-order valence-corrected chi connectivity index (χ4v) is 1.14. The molecule has 76 valence electrons. The molecule has 0 aliphatic rings. The summed E-state index contributed by atoms with van der Waals surface area (Å²) in [6.07, 6.45) is 4.32. The van der Waals surface area contributed by atoms with Crippen LogP contribution in [-0.2, 0) is 0 Å². The summed E-state index contributed by atoms with van der Waals surface area (Å²) in [5.74, 6) is -1.64. The van der Waals surface area contributed by atoms with Crippen molar-refractivity contribution < 1.29 is 15.0 Å². The topological polar surface area (TPSA) is 88.2 Å². The molecule has 0 aliphatic heterocycles. The Bertz CT molecular complexity index is 493. The van der Waals surface area contributed by atoms with E-state index in [-0.39, 0.29) is 11.4 Å². The molecule has 0 amide bonds. The van der Waals surface area contributed by atoms with E-state index < -0.39 is 5.97 Å². The Kier molecular flexibility index (Phi) is 2.09. The Hall–Kier alpha value is -2.37. The molecule has 2 heterocycles. The zero-order valence-corrected chi connectivity index (χ0v) is 7.53. The van der Waals surface area contributed by atoms with Gasteiger partial charge in [-0.2, -0.15) is 5.10 Å². The quantitative estimate of drug-likeness (QED) is 0.752. The first-order valence-corrected chi connectivity index (χ1v) is 4.11. The van der Waals surface area contributed by atoms with Gasteiger partial charge in [0.25, 0.3) is 0 Å². The summed E-state index contributed by atoms with van der Waals surface area (Å²) in [5, 5.41) is 21.7. The van der Waals surface area contributed by atoms with Crippen molar-refractivity contribution in [1.82, 2.24) is 14.8 Å². The van der Waals surface area contributed by atoms with Crippen LogP contribution in [0.5, 0.6) is 5.75 Å². The second-order valence-corrected chi connectivity index (χ2v) is 2.82. The molecule has 0 aromatic carbocycles. The van der Waals surface area contributed by atoms with E-state index in [1.165, 1.54) is 17.1 Å². The largest absolute Gasteiger partial charge is 0.504 e. The highest BCUT2D eigenvalue weighted by molar-refractivity contribution is 5.88. The van der Waals surface area contributed by atoms with Crippen LogP contribution in [0.15, 0.2) is 30.7 Å². The highest BCUT2D eigenvalue weighted by atomic mass is 16.4. The molecule has 6 nitrogen and oxygen atoms in total. The number of aromatic carboxylic acids is 1. The minimum atomic E-state index is -1.27. The highest BCUT2D eigenvalue weighted by Crippen LogP contribution is 2.17. The van der Waals surface area contributed by atoms with Gasteiger partial charge in [0.05, 0.1) is 18.1 Å². The zero-order chi connectivity index (χ0) is 10.8. The number of aromatic nitrogens is 3. The van der Waals surface area contributed by atoms with Crippen LogP contribution < -0.4 is 0 Å². The lowest BCUT2D eigenvalue weighted by Crippen LogP contribution is -2.01. The van der Waals surface area contributed by atoms with E-state index in [0.29, 0.717) is 5.69 Å². The van der Waals surface area contributed by atoms with E-state index in [4.69, 9.17) is 5.11 Å². The minimum absolute atomic E-state index is 0.369. The number of carboxylic acid groups (broad SMARTS) is 1. The summed E-state index contributed by atoms with van der Waals surface area (Å²) in [6, 6.07) is 3.39. The van der Waals surface area contributed by atoms with E-state index in [1.807, 2.05) is 0 Å². The predicted octanol–water partition coefficient (Wildman–Crippen LogP) is 0.671. The molecule has 0 saturated heterocycles. The van der Waals surface area contributed by atoms with Crippen molar-refractivity contribution in [3.8, 4) is 11.4 Å². The fourth-order valence-electron chi connectivity index (χ4n) is 1.14. The van der Waals surface area contributed by atoms with Gasteiger partial charge >= 0.3 is 5.97 Å². The molecule has 0 bridgehead atoms. The van der Waals surface area contributed by atoms with Crippen LogP contribution in [0.3, 0.4) is 0 Å². The summed E-state index contributed by atoms with van der Waals surface area (Å²) >= 11 is 0. The normalized spacial score (nSPS) is 10.1. The Morgan fingerprint density at radius 3 is 2.80 bits per heavy atom. The van der Waals surface area contributed by atoms with Gasteiger partial charge in [0.15, 0.2) is 5.75 Å². The SMILES string of the molecule is O=C(O)c1nn(-c2cccnc2)cc1O. The van der Waals surface area contributed by atoms with Crippen molar-refractivity contribution in [2.45, 2.75) is 0 Å². The number of carboxylic acids is 1. The molecule has 2 aromatic heterocycles. The van der Waals surface area contributed by atoms with Gasteiger partial charge in [-0.05, 0) is 12.1 Å². The van der Waals surface area contributed by atoms with Crippen LogP contribution >= 0.6 is 0 Å². The Morgan fingerprint density at radius 2 is 2.27 bits per heavy atom. The third-order valence-corrected chi connectivity index (χ3v) is 1.81. The maximum absolute atomic E-state index is 10.6. The van der Waals surface area contributed by atoms with Gasteiger partial charge in [0.2, 0.25) is 5.69 Å². The first kappa shape index (κ1) is 9.20. The van der Waals surface area contributed by atoms with Crippen molar-refractivity contribution in [3.05, 3.63) is 36.4 Å². The minimum Gasteiger partial charge on any atom is -0.504 e. The molecular weight excluding hydrogens is 198 g/mol. The average molecular weight is 205 g/mol. The summed E-state index contributed by atoms with van der Waals surface area (Å²) in [4.78, 5) is 14.5. The number of carbonyl (C=O) groups is 1. The maximum Gasteiger partial charge on any atom is 0.360 e. The lowest BCUT2D eigenvalue weighted by Gasteiger charge is -1.97. The molecule has 0 aliphatic carbocycles. The molecule has 2 rings (SSSR count). The van der Waals surface area contributed by atoms with Crippen LogP contribution in [0.1, 0.15) is 10.5 Å². The van der Waals surface area contributed by atoms with E-state index in [2.05, 4.69) is 10.1 Å². The van der Waals surface area contributed by atoms with Gasteiger partial charge in [0, 0.05) is 6.20 Å². The van der Waals surface area contributed by atoms with E-state index in [0.717, 1.165) is 0 Å². The van der Waals surface area contributed by atoms with Crippen LogP contribution in [0.2, 0.25) is 0 Å². The van der Waals surface area contributed by atoms with Crippen LogP contribution in [0.25, 0.3) is 5.69 Å². The lowest BCUT2D eigenvalue weighted by molar-refractivity contribution is 0.0687. The molecule has 2 N–H and O–H groups in total. The molecule has 0 atom stereocenters. The van der Waals surface area contributed by atoms with Gasteiger partial charge in [-0.15, -0.1) is 0 Å². The first-order chi connectivity index (χ1) is 7.18. The molecule has 2 aromatic rings. The molecule has 0 spiro atoms. The van der Waals surface area contributed by atoms with Gasteiger partial charge in [-0.1, -0.05) is 0 Å². The molecular formula is C9H7N3O3. The third-order valence-electron chi connectivity index (χ3n) is 1.81. The summed E-state index contributed by atoms with van der Waals surface area (Å²) < 4.78 is 1.26. The van der Waals surface area contributed by atoms with E-state index >= 15 is 0 Å². The van der Waals surface area contributed by atoms with Crippen molar-refractivity contribution in [2.24, 2.45) is 0 Å². The van der Waals surface area contributed by atoms with Crippen molar-refractivity contribution in [1.29, 1.82) is 0 Å². The zero-order valence-electron chi connectivity index (χ0n) is 7.53. The number of aromatic hydroxyl groups is 1. The van der Waals surface area contributed by atoms with Crippen molar-refractivity contribution in [2.75, 3.05) is 0 Å². The Balaban J connectivity index is 2.48. The average Bonchev–Trinajstić information content (AvgIpc) is 2.62. The van der Waals surface area contributed by atoms with Crippen LogP contribution in [0, 0.1) is 0 Å². The summed E-state index contributed by atoms with van der Waals surface area (Å²) in [7, 11) is 0. The van der Waals surface area contributed by atoms with Crippen LogP contribution in [0.4, 0.5) is 0 Å². The lowest BCUT2D eigenvalue weighted by atomic mass is 10.4. The standard InChI is InChI=1S/C9H7N3O3/c13-7-5-12(11-8(7)9(14)15)6-2-1-3-10-4-6/h1-5,13H,(H,14,15). The Morgan fingerprint density at radius 1 is 1.47 bits per heavy atom. The molecule has 0 unspecified atom stereocenters. The second kappa shape index (κ2) is 3.41. The van der Waals surface area contributed by atoms with Crippen molar-refractivity contribution >= 4 is 5.97 Å². The number of hydrogen-bond donors (Lipinski definition) is 2. The van der Waals surface area contributed by atoms with Crippen LogP contribution in [-0.4, -0.2) is 30.9 Å². The predicted molar refractivity (Wildman–Crippen MR) is 50.0 cm³/mol. The maximum atomic E-state index is 10.6. The smallest absolute Gasteiger partial charge is 0.360 e. The molecule has 0 fully saturated rings. The molecule has 6 heteroatoms. The number of rotatable bonds is 2. The molecule has 0 radical (unpaired) electrons. The number of hydrogen-bond acceptors (Lipinski definition) is 4. The van der Waals surface area contributed by atoms with Gasteiger partial charge in [-0.25, -0.2) is 9.48 Å². The van der Waals surface area contributed by atoms with Crippen molar-refractivity contribution in [3.63, 3.8) is 0 Å². The fraction of sp³-hybridized carbons (Fsp3) is 0. The summed E-state index contributed by atoms with van der Waals surface area (Å²) in [6.45, 7) is 0.